The van der Waals surface area contributed by atoms with Crippen LogP contribution in [-0.4, -0.2) is 66.5 Å². The minimum atomic E-state index is -4.77. The zero-order chi connectivity index (χ0) is 55.5. The Kier molecular flexibility index (Phi) is 55.3. The van der Waals surface area contributed by atoms with E-state index in [0.29, 0.717) is 19.3 Å². The Labute approximate surface area is 464 Å². The number of carbonyl (C=O) groups excluding carboxylic acids is 3. The fourth-order valence-corrected chi connectivity index (χ4v) is 9.01. The summed E-state index contributed by atoms with van der Waals surface area (Å²) in [6.45, 7) is 4.41. The zero-order valence-corrected chi connectivity index (χ0v) is 49.3. The van der Waals surface area contributed by atoms with Gasteiger partial charge in [0, 0.05) is 12.8 Å². The lowest BCUT2D eigenvalue weighted by Gasteiger charge is -2.21. The van der Waals surface area contributed by atoms with E-state index in [1.54, 1.807) is 6.08 Å². The van der Waals surface area contributed by atoms with Gasteiger partial charge in [0.2, 0.25) is 0 Å². The van der Waals surface area contributed by atoms with Crippen molar-refractivity contribution < 1.29 is 52.2 Å². The SMILES string of the molecule is CC/C=C\C/C=C\C/C=C\C/C=C\C/C=C\CC(=O)OCC(COP(=O)(O)OCC(CO)OC(=O)CCCCCCC/C=C\C/C=C\CCCCC)OC(=O)CCCCCCCCCCCCCCCCCCCCC. The first-order chi connectivity index (χ1) is 37.2. The van der Waals surface area contributed by atoms with Gasteiger partial charge in [-0.25, -0.2) is 4.57 Å². The Morgan fingerprint density at radius 3 is 1.14 bits per heavy atom. The second-order valence-electron chi connectivity index (χ2n) is 20.2. The summed E-state index contributed by atoms with van der Waals surface area (Å²) < 4.78 is 39.5. The Balaban J connectivity index is 4.79. The van der Waals surface area contributed by atoms with E-state index < -0.39 is 57.8 Å². The van der Waals surface area contributed by atoms with Crippen LogP contribution in [0, 0.1) is 0 Å². The summed E-state index contributed by atoms with van der Waals surface area (Å²) in [5.74, 6) is -1.62. The van der Waals surface area contributed by atoms with Crippen molar-refractivity contribution in [2.45, 2.75) is 277 Å². The number of unbranched alkanes of at least 4 members (excludes halogenated alkanes) is 26. The van der Waals surface area contributed by atoms with Gasteiger partial charge in [0.15, 0.2) is 6.10 Å². The summed E-state index contributed by atoms with van der Waals surface area (Å²) in [7, 11) is -4.77. The van der Waals surface area contributed by atoms with E-state index in [2.05, 4.69) is 87.6 Å². The van der Waals surface area contributed by atoms with Crippen LogP contribution in [0.2, 0.25) is 0 Å². The molecule has 76 heavy (non-hydrogen) atoms. The van der Waals surface area contributed by atoms with Crippen LogP contribution in [0.4, 0.5) is 0 Å². The van der Waals surface area contributed by atoms with Crippen LogP contribution < -0.4 is 0 Å². The zero-order valence-electron chi connectivity index (χ0n) is 48.5. The largest absolute Gasteiger partial charge is 0.472 e. The topological polar surface area (TPSA) is 155 Å². The normalized spacial score (nSPS) is 13.9. The highest BCUT2D eigenvalue weighted by atomic mass is 31.2. The molecule has 12 heteroatoms. The van der Waals surface area contributed by atoms with E-state index >= 15 is 0 Å². The molecule has 438 valence electrons. The molecular weight excluding hydrogens is 976 g/mol. The van der Waals surface area contributed by atoms with Crippen LogP contribution in [-0.2, 0) is 42.2 Å². The maximum absolute atomic E-state index is 12.9. The van der Waals surface area contributed by atoms with Crippen LogP contribution in [0.5, 0.6) is 0 Å². The van der Waals surface area contributed by atoms with Crippen molar-refractivity contribution in [3.63, 3.8) is 0 Å². The minimum absolute atomic E-state index is 0.00709. The monoisotopic (exact) mass is 1090 g/mol. The van der Waals surface area contributed by atoms with Gasteiger partial charge in [-0.15, -0.1) is 0 Å². The summed E-state index contributed by atoms with van der Waals surface area (Å²) in [5.41, 5.74) is 0. The average Bonchev–Trinajstić information content (AvgIpc) is 3.41. The summed E-state index contributed by atoms with van der Waals surface area (Å²) in [4.78, 5) is 48.6. The Hall–Kier alpha value is -3.34. The molecule has 3 unspecified atom stereocenters. The lowest BCUT2D eigenvalue weighted by Crippen LogP contribution is -2.30. The molecular formula is C64H111O11P. The average molecular weight is 1090 g/mol. The molecule has 0 bridgehead atoms. The predicted molar refractivity (Wildman–Crippen MR) is 316 cm³/mol. The molecule has 0 amide bonds. The van der Waals surface area contributed by atoms with Gasteiger partial charge in [-0.3, -0.25) is 23.4 Å². The molecule has 0 saturated heterocycles. The van der Waals surface area contributed by atoms with Gasteiger partial charge in [0.05, 0.1) is 26.2 Å². The molecule has 0 heterocycles. The highest BCUT2D eigenvalue weighted by Crippen LogP contribution is 2.43. The van der Waals surface area contributed by atoms with Gasteiger partial charge in [-0.2, -0.15) is 0 Å². The molecule has 3 atom stereocenters. The highest BCUT2D eigenvalue weighted by molar-refractivity contribution is 7.47. The number of hydrogen-bond acceptors (Lipinski definition) is 10. The first-order valence-corrected chi connectivity index (χ1v) is 32.0. The highest BCUT2D eigenvalue weighted by Gasteiger charge is 2.28. The summed E-state index contributed by atoms with van der Waals surface area (Å²) >= 11 is 0. The van der Waals surface area contributed by atoms with E-state index in [-0.39, 0.29) is 25.9 Å². The summed E-state index contributed by atoms with van der Waals surface area (Å²) in [6.07, 6.45) is 67.1. The number of hydrogen-bond donors (Lipinski definition) is 2. The van der Waals surface area contributed by atoms with Crippen molar-refractivity contribution in [2.75, 3.05) is 26.4 Å². The molecule has 2 N–H and O–H groups in total. The van der Waals surface area contributed by atoms with Gasteiger partial charge in [0.1, 0.15) is 12.7 Å². The fourth-order valence-electron chi connectivity index (χ4n) is 8.23. The molecule has 0 radical (unpaired) electrons. The summed E-state index contributed by atoms with van der Waals surface area (Å²) in [6, 6.07) is 0. The molecule has 0 aromatic carbocycles. The molecule has 11 nitrogen and oxygen atoms in total. The van der Waals surface area contributed by atoms with Crippen molar-refractivity contribution in [3.05, 3.63) is 85.1 Å². The number of aliphatic hydroxyl groups excluding tert-OH is 1. The van der Waals surface area contributed by atoms with Gasteiger partial charge in [-0.05, 0) is 77.0 Å². The number of phosphoric acid groups is 1. The molecule has 0 rings (SSSR count). The van der Waals surface area contributed by atoms with Crippen LogP contribution in [0.15, 0.2) is 85.1 Å². The quantitative estimate of drug-likeness (QED) is 0.0197. The van der Waals surface area contributed by atoms with Crippen molar-refractivity contribution in [3.8, 4) is 0 Å². The maximum atomic E-state index is 12.9. The Morgan fingerprint density at radius 1 is 0.395 bits per heavy atom. The van der Waals surface area contributed by atoms with E-state index in [1.165, 1.54) is 116 Å². The number of aliphatic hydroxyl groups is 1. The number of esters is 3. The Morgan fingerprint density at radius 2 is 0.724 bits per heavy atom. The van der Waals surface area contributed by atoms with Crippen LogP contribution in [0.3, 0.4) is 0 Å². The van der Waals surface area contributed by atoms with Crippen molar-refractivity contribution in [1.29, 1.82) is 0 Å². The van der Waals surface area contributed by atoms with E-state index in [0.717, 1.165) is 89.9 Å². The van der Waals surface area contributed by atoms with Crippen LogP contribution in [0.25, 0.3) is 0 Å². The summed E-state index contributed by atoms with van der Waals surface area (Å²) in [5, 5.41) is 9.82. The standard InChI is InChI=1S/C64H111O11P/c1-4-7-10-13-16-19-22-25-28-29-30-31-34-37-40-43-46-49-52-55-64(68)75-61(57-71-62(66)53-50-47-44-41-38-35-32-26-23-20-17-14-11-8-5-2)59-73-76(69,70)72-58-60(56-65)74-63(67)54-51-48-45-42-39-36-33-27-24-21-18-15-12-9-6-3/h8,11,17-18,20-21,26-27,32-33,38,41,47,50,60-61,65H,4-7,9-10,12-16,19,22-25,28-31,34-37,39-40,42-46,48-49,51-59H2,1-3H3,(H,69,70)/b11-8-,20-17-,21-18-,32-26-,33-27-,41-38-,50-47-. The molecule has 0 saturated carbocycles. The van der Waals surface area contributed by atoms with Gasteiger partial charge < -0.3 is 24.2 Å². The molecule has 0 aromatic heterocycles. The second kappa shape index (κ2) is 57.8. The molecule has 0 aromatic rings. The minimum Gasteiger partial charge on any atom is -0.461 e. The molecule has 0 aliphatic heterocycles. The van der Waals surface area contributed by atoms with Gasteiger partial charge in [0.25, 0.3) is 0 Å². The molecule has 0 aliphatic carbocycles. The molecule has 0 spiro atoms. The fraction of sp³-hybridized carbons (Fsp3) is 0.734. The van der Waals surface area contributed by atoms with E-state index in [1.807, 2.05) is 12.2 Å². The molecule has 0 fully saturated rings. The Bertz CT molecular complexity index is 1600. The van der Waals surface area contributed by atoms with Crippen LogP contribution in [0.1, 0.15) is 265 Å². The lowest BCUT2D eigenvalue weighted by molar-refractivity contribution is -0.161. The van der Waals surface area contributed by atoms with E-state index in [9.17, 15) is 28.9 Å². The van der Waals surface area contributed by atoms with Crippen molar-refractivity contribution in [1.82, 2.24) is 0 Å². The number of rotatable bonds is 56. The number of allylic oxidation sites excluding steroid dienone is 13. The number of ether oxygens (including phenoxy) is 3. The second-order valence-corrected chi connectivity index (χ2v) is 21.6. The first kappa shape index (κ1) is 72.7. The molecule has 0 aliphatic rings. The third kappa shape index (κ3) is 55.4. The van der Waals surface area contributed by atoms with E-state index in [4.69, 9.17) is 23.3 Å². The van der Waals surface area contributed by atoms with Crippen molar-refractivity contribution >= 4 is 25.7 Å². The third-order valence-corrected chi connectivity index (χ3v) is 13.8. The third-order valence-electron chi connectivity index (χ3n) is 12.8. The number of phosphoric ester groups is 1. The number of carbonyl (C=O) groups is 3. The smallest absolute Gasteiger partial charge is 0.461 e. The van der Waals surface area contributed by atoms with Gasteiger partial charge >= 0.3 is 25.7 Å². The first-order valence-electron chi connectivity index (χ1n) is 30.5. The van der Waals surface area contributed by atoms with Crippen LogP contribution >= 0.6 is 7.82 Å². The predicted octanol–water partition coefficient (Wildman–Crippen LogP) is 18.3. The van der Waals surface area contributed by atoms with Crippen molar-refractivity contribution in [2.24, 2.45) is 0 Å². The van der Waals surface area contributed by atoms with Gasteiger partial charge in [-0.1, -0.05) is 254 Å². The lowest BCUT2D eigenvalue weighted by atomic mass is 10.0. The maximum Gasteiger partial charge on any atom is 0.472 e.